The fourth-order valence-electron chi connectivity index (χ4n) is 2.49. The molecule has 0 radical (unpaired) electrons. The molecule has 6 heteroatoms. The highest BCUT2D eigenvalue weighted by Gasteiger charge is 2.09. The summed E-state index contributed by atoms with van der Waals surface area (Å²) in [6, 6.07) is 15.5. The molecule has 5 nitrogen and oxygen atoms in total. The zero-order valence-corrected chi connectivity index (χ0v) is 13.7. The lowest BCUT2D eigenvalue weighted by atomic mass is 10.1. The lowest BCUT2D eigenvalue weighted by Crippen LogP contribution is -1.99. The molecule has 26 heavy (non-hydrogen) atoms. The standard InChI is InChI=1S/C20H14FN5/c21-16-5-3-14(4-6-16)18-12-19(24-17-7-10-22-11-8-17)26-20(25-18)15-2-1-9-23-13-15/h1-13H,(H,22,24,25,26). The van der Waals surface area contributed by atoms with Crippen LogP contribution in [0, 0.1) is 5.82 Å². The van der Waals surface area contributed by atoms with Crippen LogP contribution in [-0.2, 0) is 0 Å². The maximum Gasteiger partial charge on any atom is 0.163 e. The summed E-state index contributed by atoms with van der Waals surface area (Å²) in [5.74, 6) is 0.881. The van der Waals surface area contributed by atoms with Gasteiger partial charge in [0.1, 0.15) is 11.6 Å². The molecule has 1 aromatic carbocycles. The predicted molar refractivity (Wildman–Crippen MR) is 98.2 cm³/mol. The molecule has 4 aromatic rings. The van der Waals surface area contributed by atoms with Crippen LogP contribution in [0.15, 0.2) is 79.4 Å². The van der Waals surface area contributed by atoms with Gasteiger partial charge < -0.3 is 5.32 Å². The van der Waals surface area contributed by atoms with Gasteiger partial charge in [-0.2, -0.15) is 0 Å². The highest BCUT2D eigenvalue weighted by atomic mass is 19.1. The molecule has 0 amide bonds. The smallest absolute Gasteiger partial charge is 0.163 e. The van der Waals surface area contributed by atoms with Gasteiger partial charge in [0.2, 0.25) is 0 Å². The summed E-state index contributed by atoms with van der Waals surface area (Å²) in [5, 5.41) is 3.25. The molecule has 4 rings (SSSR count). The number of aromatic nitrogens is 4. The summed E-state index contributed by atoms with van der Waals surface area (Å²) in [6.07, 6.45) is 6.81. The van der Waals surface area contributed by atoms with Crippen molar-refractivity contribution >= 4 is 11.5 Å². The van der Waals surface area contributed by atoms with E-state index in [1.165, 1.54) is 12.1 Å². The number of halogens is 1. The van der Waals surface area contributed by atoms with Crippen LogP contribution in [0.3, 0.4) is 0 Å². The Morgan fingerprint density at radius 3 is 2.31 bits per heavy atom. The molecule has 0 fully saturated rings. The van der Waals surface area contributed by atoms with E-state index in [1.54, 1.807) is 36.9 Å². The zero-order chi connectivity index (χ0) is 17.8. The minimum absolute atomic E-state index is 0.287. The van der Waals surface area contributed by atoms with Gasteiger partial charge in [0.15, 0.2) is 5.82 Å². The molecule has 0 saturated heterocycles. The molecule has 1 N–H and O–H groups in total. The van der Waals surface area contributed by atoms with E-state index in [2.05, 4.69) is 25.3 Å². The van der Waals surface area contributed by atoms with Crippen LogP contribution in [0.1, 0.15) is 0 Å². The van der Waals surface area contributed by atoms with Crippen LogP contribution in [-0.4, -0.2) is 19.9 Å². The second-order valence-electron chi connectivity index (χ2n) is 5.57. The van der Waals surface area contributed by atoms with E-state index >= 15 is 0 Å². The summed E-state index contributed by atoms with van der Waals surface area (Å²) in [6.45, 7) is 0. The van der Waals surface area contributed by atoms with Crippen LogP contribution in [0.25, 0.3) is 22.6 Å². The van der Waals surface area contributed by atoms with Crippen molar-refractivity contribution in [2.24, 2.45) is 0 Å². The Bertz CT molecular complexity index is 1010. The number of benzene rings is 1. The monoisotopic (exact) mass is 343 g/mol. The molecule has 126 valence electrons. The number of hydrogen-bond donors (Lipinski definition) is 1. The van der Waals surface area contributed by atoms with E-state index in [1.807, 2.05) is 30.3 Å². The molecule has 0 spiro atoms. The highest BCUT2D eigenvalue weighted by molar-refractivity contribution is 5.69. The molecule has 0 aliphatic heterocycles. The predicted octanol–water partition coefficient (Wildman–Crippen LogP) is 4.48. The number of hydrogen-bond acceptors (Lipinski definition) is 5. The fraction of sp³-hybridized carbons (Fsp3) is 0. The highest BCUT2D eigenvalue weighted by Crippen LogP contribution is 2.25. The van der Waals surface area contributed by atoms with E-state index in [0.29, 0.717) is 17.3 Å². The second-order valence-corrected chi connectivity index (χ2v) is 5.57. The maximum absolute atomic E-state index is 13.3. The Hall–Kier alpha value is -3.67. The van der Waals surface area contributed by atoms with Gasteiger partial charge in [0, 0.05) is 47.7 Å². The van der Waals surface area contributed by atoms with Crippen LogP contribution >= 0.6 is 0 Å². The molecule has 3 heterocycles. The van der Waals surface area contributed by atoms with Crippen molar-refractivity contribution in [1.82, 2.24) is 19.9 Å². The minimum atomic E-state index is -0.287. The Balaban J connectivity index is 1.80. The first-order valence-electron chi connectivity index (χ1n) is 8.00. The quantitative estimate of drug-likeness (QED) is 0.592. The summed E-state index contributed by atoms with van der Waals surface area (Å²) in [7, 11) is 0. The van der Waals surface area contributed by atoms with Crippen molar-refractivity contribution in [3.8, 4) is 22.6 Å². The minimum Gasteiger partial charge on any atom is -0.340 e. The van der Waals surface area contributed by atoms with Gasteiger partial charge in [0.25, 0.3) is 0 Å². The van der Waals surface area contributed by atoms with Gasteiger partial charge in [-0.15, -0.1) is 0 Å². The number of nitrogens with zero attached hydrogens (tertiary/aromatic N) is 4. The number of pyridine rings is 2. The van der Waals surface area contributed by atoms with Crippen molar-refractivity contribution in [2.45, 2.75) is 0 Å². The van der Waals surface area contributed by atoms with Crippen molar-refractivity contribution in [3.63, 3.8) is 0 Å². The first-order valence-corrected chi connectivity index (χ1v) is 8.00. The Kier molecular flexibility index (Phi) is 4.30. The van der Waals surface area contributed by atoms with Gasteiger partial charge in [-0.25, -0.2) is 14.4 Å². The van der Waals surface area contributed by atoms with E-state index in [4.69, 9.17) is 0 Å². The molecule has 0 bridgehead atoms. The largest absolute Gasteiger partial charge is 0.340 e. The number of rotatable bonds is 4. The molecule has 0 atom stereocenters. The Morgan fingerprint density at radius 2 is 1.58 bits per heavy atom. The third kappa shape index (κ3) is 3.54. The van der Waals surface area contributed by atoms with Crippen molar-refractivity contribution in [2.75, 3.05) is 5.32 Å². The van der Waals surface area contributed by atoms with Crippen LogP contribution in [0.4, 0.5) is 15.9 Å². The van der Waals surface area contributed by atoms with Gasteiger partial charge in [-0.1, -0.05) is 0 Å². The second kappa shape index (κ2) is 7.06. The summed E-state index contributed by atoms with van der Waals surface area (Å²) >= 11 is 0. The van der Waals surface area contributed by atoms with Crippen molar-refractivity contribution in [1.29, 1.82) is 0 Å². The Morgan fingerprint density at radius 1 is 0.769 bits per heavy atom. The van der Waals surface area contributed by atoms with E-state index in [0.717, 1.165) is 16.8 Å². The molecule has 0 aliphatic carbocycles. The van der Waals surface area contributed by atoms with Crippen LogP contribution in [0.2, 0.25) is 0 Å². The summed E-state index contributed by atoms with van der Waals surface area (Å²) in [4.78, 5) is 17.3. The lowest BCUT2D eigenvalue weighted by molar-refractivity contribution is 0.628. The van der Waals surface area contributed by atoms with E-state index in [-0.39, 0.29) is 5.82 Å². The molecule has 0 aliphatic rings. The van der Waals surface area contributed by atoms with Gasteiger partial charge in [-0.3, -0.25) is 9.97 Å². The molecule has 0 unspecified atom stereocenters. The molecular weight excluding hydrogens is 329 g/mol. The Labute approximate surface area is 149 Å². The molecule has 3 aromatic heterocycles. The van der Waals surface area contributed by atoms with Gasteiger partial charge in [0.05, 0.1) is 5.69 Å². The average molecular weight is 343 g/mol. The third-order valence-electron chi connectivity index (χ3n) is 3.74. The maximum atomic E-state index is 13.3. The van der Waals surface area contributed by atoms with E-state index < -0.39 is 0 Å². The number of anilines is 2. The molecular formula is C20H14FN5. The van der Waals surface area contributed by atoms with Crippen molar-refractivity contribution in [3.05, 3.63) is 85.2 Å². The zero-order valence-electron chi connectivity index (χ0n) is 13.7. The first kappa shape index (κ1) is 15.8. The summed E-state index contributed by atoms with van der Waals surface area (Å²) < 4.78 is 13.3. The van der Waals surface area contributed by atoms with Gasteiger partial charge in [-0.05, 0) is 48.5 Å². The molecule has 0 saturated carbocycles. The van der Waals surface area contributed by atoms with E-state index in [9.17, 15) is 4.39 Å². The van der Waals surface area contributed by atoms with Crippen molar-refractivity contribution < 1.29 is 4.39 Å². The first-order chi connectivity index (χ1) is 12.8. The summed E-state index contributed by atoms with van der Waals surface area (Å²) in [5.41, 5.74) is 3.15. The lowest BCUT2D eigenvalue weighted by Gasteiger charge is -2.10. The third-order valence-corrected chi connectivity index (χ3v) is 3.74. The SMILES string of the molecule is Fc1ccc(-c2cc(Nc3ccncc3)nc(-c3cccnc3)n2)cc1. The van der Waals surface area contributed by atoms with Crippen LogP contribution in [0.5, 0.6) is 0 Å². The average Bonchev–Trinajstić information content (AvgIpc) is 2.70. The van der Waals surface area contributed by atoms with Gasteiger partial charge >= 0.3 is 0 Å². The normalized spacial score (nSPS) is 10.5. The topological polar surface area (TPSA) is 63.6 Å². The number of nitrogens with one attached hydrogen (secondary N) is 1. The van der Waals surface area contributed by atoms with Crippen LogP contribution < -0.4 is 5.32 Å². The fourth-order valence-corrected chi connectivity index (χ4v) is 2.49.